The van der Waals surface area contributed by atoms with Crippen molar-refractivity contribution in [3.05, 3.63) is 58.4 Å². The van der Waals surface area contributed by atoms with E-state index in [2.05, 4.69) is 10.3 Å². The lowest BCUT2D eigenvalue weighted by molar-refractivity contribution is 0.101. The van der Waals surface area contributed by atoms with Gasteiger partial charge in [0.1, 0.15) is 5.82 Å². The van der Waals surface area contributed by atoms with Crippen LogP contribution in [0.15, 0.2) is 41.4 Å². The summed E-state index contributed by atoms with van der Waals surface area (Å²) in [6, 6.07) is 9.62. The first kappa shape index (κ1) is 18.9. The molecule has 0 aliphatic carbocycles. The smallest absolute Gasteiger partial charge is 0.182 e. The van der Waals surface area contributed by atoms with E-state index in [-0.39, 0.29) is 12.3 Å². The summed E-state index contributed by atoms with van der Waals surface area (Å²) in [6.45, 7) is 4.66. The average molecular weight is 362 g/mol. The Balaban J connectivity index is 2.13. The highest BCUT2D eigenvalue weighted by Gasteiger charge is 2.13. The lowest BCUT2D eigenvalue weighted by Crippen LogP contribution is -2.16. The molecule has 0 aromatic heterocycles. The Morgan fingerprint density at radius 2 is 2.08 bits per heavy atom. The molecule has 0 aliphatic heterocycles. The summed E-state index contributed by atoms with van der Waals surface area (Å²) in [5.74, 6) is -0.557. The number of halogens is 2. The second-order valence-electron chi connectivity index (χ2n) is 5.69. The van der Waals surface area contributed by atoms with Crippen LogP contribution in [0.2, 0.25) is 5.02 Å². The maximum absolute atomic E-state index is 13.6. The van der Waals surface area contributed by atoms with Gasteiger partial charge in [0, 0.05) is 19.2 Å². The molecular formula is C19H21ClFN3O. The van der Waals surface area contributed by atoms with Crippen LogP contribution in [0, 0.1) is 12.7 Å². The first-order chi connectivity index (χ1) is 11.9. The van der Waals surface area contributed by atoms with Crippen LogP contribution in [0.4, 0.5) is 15.8 Å². The number of Topliss-reactive ketones (excluding diaryl/α,β-unsaturated/α-hetero) is 1. The number of carbonyl (C=O) groups is 1. The Kier molecular flexibility index (Phi) is 6.53. The van der Waals surface area contributed by atoms with Crippen molar-refractivity contribution in [1.82, 2.24) is 4.90 Å². The second kappa shape index (κ2) is 8.62. The highest BCUT2D eigenvalue weighted by Crippen LogP contribution is 2.28. The zero-order chi connectivity index (χ0) is 18.4. The lowest BCUT2D eigenvalue weighted by atomic mass is 10.0. The number of hydrogen-bond acceptors (Lipinski definition) is 3. The fraction of sp³-hybridized carbons (Fsp3) is 0.263. The van der Waals surface area contributed by atoms with Crippen molar-refractivity contribution in [2.75, 3.05) is 25.5 Å². The number of anilines is 1. The van der Waals surface area contributed by atoms with Gasteiger partial charge in [-0.05, 0) is 43.7 Å². The molecule has 0 saturated heterocycles. The molecule has 132 valence electrons. The molecule has 0 spiro atoms. The summed E-state index contributed by atoms with van der Waals surface area (Å²) in [7, 11) is 1.91. The Labute approximate surface area is 152 Å². The van der Waals surface area contributed by atoms with Crippen LogP contribution < -0.4 is 5.32 Å². The van der Waals surface area contributed by atoms with Gasteiger partial charge in [0.05, 0.1) is 29.3 Å². The van der Waals surface area contributed by atoms with Crippen molar-refractivity contribution >= 4 is 35.1 Å². The molecule has 1 N–H and O–H groups in total. The lowest BCUT2D eigenvalue weighted by Gasteiger charge is -2.11. The summed E-state index contributed by atoms with van der Waals surface area (Å²) in [6.07, 6.45) is 1.70. The quantitative estimate of drug-likeness (QED) is 0.442. The van der Waals surface area contributed by atoms with E-state index < -0.39 is 5.82 Å². The molecule has 0 saturated carbocycles. The molecule has 2 rings (SSSR count). The largest absolute Gasteiger partial charge is 0.375 e. The van der Waals surface area contributed by atoms with Gasteiger partial charge in [-0.15, -0.1) is 0 Å². The Morgan fingerprint density at radius 1 is 1.36 bits per heavy atom. The molecule has 4 nitrogen and oxygen atoms in total. The fourth-order valence-electron chi connectivity index (χ4n) is 2.18. The maximum atomic E-state index is 13.6. The standard InChI is InChI=1S/C19H21ClFN3O/c1-4-24(3)12-23-18-9-13(2)14(10-15(18)20)19(25)11-22-17-8-6-5-7-16(17)21/h5-10,12,22H,4,11H2,1-3H3/b23-12-. The van der Waals surface area contributed by atoms with Crippen LogP contribution in [-0.4, -0.2) is 37.2 Å². The Bertz CT molecular complexity index is 792. The SMILES string of the molecule is CCN(C)/C=N\c1cc(C)c(C(=O)CNc2ccccc2F)cc1Cl. The van der Waals surface area contributed by atoms with Gasteiger partial charge in [-0.3, -0.25) is 4.79 Å². The van der Waals surface area contributed by atoms with Crippen LogP contribution in [0.1, 0.15) is 22.8 Å². The van der Waals surface area contributed by atoms with Gasteiger partial charge < -0.3 is 10.2 Å². The molecule has 25 heavy (non-hydrogen) atoms. The van der Waals surface area contributed by atoms with Gasteiger partial charge in [-0.1, -0.05) is 23.7 Å². The minimum absolute atomic E-state index is 0.0146. The Morgan fingerprint density at radius 3 is 2.76 bits per heavy atom. The molecule has 0 amide bonds. The normalized spacial score (nSPS) is 10.9. The van der Waals surface area contributed by atoms with Crippen molar-refractivity contribution < 1.29 is 9.18 Å². The number of carbonyl (C=O) groups excluding carboxylic acids is 1. The van der Waals surface area contributed by atoms with Crippen LogP contribution >= 0.6 is 11.6 Å². The molecule has 0 fully saturated rings. The number of aliphatic imine (C=N–C) groups is 1. The number of hydrogen-bond donors (Lipinski definition) is 1. The predicted octanol–water partition coefficient (Wildman–Crippen LogP) is 4.69. The van der Waals surface area contributed by atoms with Crippen LogP contribution in [0.3, 0.4) is 0 Å². The average Bonchev–Trinajstić information content (AvgIpc) is 2.60. The van der Waals surface area contributed by atoms with Crippen molar-refractivity contribution in [2.45, 2.75) is 13.8 Å². The van der Waals surface area contributed by atoms with Crippen molar-refractivity contribution in [3.63, 3.8) is 0 Å². The molecule has 0 unspecified atom stereocenters. The van der Waals surface area contributed by atoms with Gasteiger partial charge >= 0.3 is 0 Å². The highest BCUT2D eigenvalue weighted by molar-refractivity contribution is 6.33. The second-order valence-corrected chi connectivity index (χ2v) is 6.10. The molecule has 0 atom stereocenters. The fourth-order valence-corrected chi connectivity index (χ4v) is 2.40. The van der Waals surface area contributed by atoms with E-state index in [0.29, 0.717) is 22.0 Å². The summed E-state index contributed by atoms with van der Waals surface area (Å²) in [5.41, 5.74) is 2.18. The number of nitrogens with zero attached hydrogens (tertiary/aromatic N) is 2. The number of ketones is 1. The summed E-state index contributed by atoms with van der Waals surface area (Å²) in [4.78, 5) is 18.7. The number of para-hydroxylation sites is 1. The minimum atomic E-state index is -0.394. The molecule has 0 aliphatic rings. The molecule has 6 heteroatoms. The third-order valence-electron chi connectivity index (χ3n) is 3.80. The monoisotopic (exact) mass is 361 g/mol. The summed E-state index contributed by atoms with van der Waals surface area (Å²) in [5, 5.41) is 3.22. The van der Waals surface area contributed by atoms with Crippen LogP contribution in [0.5, 0.6) is 0 Å². The molecule has 2 aromatic rings. The first-order valence-electron chi connectivity index (χ1n) is 7.98. The van der Waals surface area contributed by atoms with Gasteiger partial charge in [-0.25, -0.2) is 9.38 Å². The van der Waals surface area contributed by atoms with E-state index in [0.717, 1.165) is 12.1 Å². The van der Waals surface area contributed by atoms with Gasteiger partial charge in [-0.2, -0.15) is 0 Å². The topological polar surface area (TPSA) is 44.7 Å². The predicted molar refractivity (Wildman–Crippen MR) is 102 cm³/mol. The minimum Gasteiger partial charge on any atom is -0.375 e. The van der Waals surface area contributed by atoms with Gasteiger partial charge in [0.2, 0.25) is 0 Å². The van der Waals surface area contributed by atoms with Gasteiger partial charge in [0.25, 0.3) is 0 Å². The molecule has 0 heterocycles. The summed E-state index contributed by atoms with van der Waals surface area (Å²) < 4.78 is 13.6. The molecule has 0 radical (unpaired) electrons. The van der Waals surface area contributed by atoms with Gasteiger partial charge in [0.15, 0.2) is 5.78 Å². The number of aryl methyl sites for hydroxylation is 1. The van der Waals surface area contributed by atoms with E-state index in [1.165, 1.54) is 6.07 Å². The van der Waals surface area contributed by atoms with Crippen molar-refractivity contribution in [3.8, 4) is 0 Å². The number of benzene rings is 2. The zero-order valence-corrected chi connectivity index (χ0v) is 15.3. The third kappa shape index (κ3) is 5.03. The van der Waals surface area contributed by atoms with Crippen LogP contribution in [0.25, 0.3) is 0 Å². The molecule has 0 bridgehead atoms. The Hall–Kier alpha value is -2.40. The number of rotatable bonds is 7. The van der Waals surface area contributed by atoms with E-state index in [1.807, 2.05) is 25.8 Å². The highest BCUT2D eigenvalue weighted by atomic mass is 35.5. The first-order valence-corrected chi connectivity index (χ1v) is 8.36. The zero-order valence-electron chi connectivity index (χ0n) is 14.5. The maximum Gasteiger partial charge on any atom is 0.182 e. The van der Waals surface area contributed by atoms with E-state index in [4.69, 9.17) is 11.6 Å². The number of nitrogens with one attached hydrogen (secondary N) is 1. The van der Waals surface area contributed by atoms with E-state index >= 15 is 0 Å². The van der Waals surface area contributed by atoms with Crippen LogP contribution in [-0.2, 0) is 0 Å². The van der Waals surface area contributed by atoms with E-state index in [1.54, 1.807) is 36.7 Å². The summed E-state index contributed by atoms with van der Waals surface area (Å²) >= 11 is 6.25. The molecule has 2 aromatic carbocycles. The third-order valence-corrected chi connectivity index (χ3v) is 4.10. The molecular weight excluding hydrogens is 341 g/mol. The van der Waals surface area contributed by atoms with Crippen molar-refractivity contribution in [2.24, 2.45) is 4.99 Å². The van der Waals surface area contributed by atoms with E-state index in [9.17, 15) is 9.18 Å². The van der Waals surface area contributed by atoms with Crippen molar-refractivity contribution in [1.29, 1.82) is 0 Å².